The number of carbonyl (C=O) groups is 1. The third-order valence-electron chi connectivity index (χ3n) is 4.02. The van der Waals surface area contributed by atoms with Crippen LogP contribution in [0.2, 0.25) is 0 Å². The molecular formula is C17H13BrF3NO. The van der Waals surface area contributed by atoms with Gasteiger partial charge in [0.2, 0.25) is 5.91 Å². The number of alkyl halides is 3. The first kappa shape index (κ1) is 16.1. The highest BCUT2D eigenvalue weighted by Gasteiger charge is 2.35. The van der Waals surface area contributed by atoms with Gasteiger partial charge < -0.3 is 5.32 Å². The Balaban J connectivity index is 1.90. The van der Waals surface area contributed by atoms with Crippen molar-refractivity contribution in [3.63, 3.8) is 0 Å². The van der Waals surface area contributed by atoms with E-state index in [-0.39, 0.29) is 24.3 Å². The number of hydrogen-bond acceptors (Lipinski definition) is 1. The van der Waals surface area contributed by atoms with Gasteiger partial charge in [0, 0.05) is 16.8 Å². The molecule has 1 amide bonds. The van der Waals surface area contributed by atoms with Crippen LogP contribution in [0.25, 0.3) is 0 Å². The van der Waals surface area contributed by atoms with Crippen LogP contribution in [-0.4, -0.2) is 5.91 Å². The summed E-state index contributed by atoms with van der Waals surface area (Å²) in [5.41, 5.74) is 0.979. The van der Waals surface area contributed by atoms with E-state index in [4.69, 9.17) is 0 Å². The smallest absolute Gasteiger partial charge is 0.349 e. The summed E-state index contributed by atoms with van der Waals surface area (Å²) in [6.45, 7) is 0. The molecule has 3 rings (SSSR count). The molecule has 0 aliphatic carbocycles. The minimum absolute atomic E-state index is 0.0946. The highest BCUT2D eigenvalue weighted by molar-refractivity contribution is 9.10. The van der Waals surface area contributed by atoms with Gasteiger partial charge in [-0.3, -0.25) is 4.79 Å². The third kappa shape index (κ3) is 3.42. The van der Waals surface area contributed by atoms with E-state index >= 15 is 0 Å². The summed E-state index contributed by atoms with van der Waals surface area (Å²) in [5.74, 6) is -0.270. The minimum atomic E-state index is -4.35. The van der Waals surface area contributed by atoms with E-state index in [0.717, 1.165) is 27.7 Å². The van der Waals surface area contributed by atoms with Crippen LogP contribution in [0.3, 0.4) is 0 Å². The Kier molecular flexibility index (Phi) is 4.19. The van der Waals surface area contributed by atoms with E-state index in [2.05, 4.69) is 21.2 Å². The number of rotatable bonds is 2. The number of carbonyl (C=O) groups excluding carboxylic acids is 1. The zero-order valence-electron chi connectivity index (χ0n) is 11.9. The monoisotopic (exact) mass is 383 g/mol. The first-order valence-corrected chi connectivity index (χ1v) is 7.86. The van der Waals surface area contributed by atoms with Crippen molar-refractivity contribution in [3.05, 3.63) is 69.7 Å². The number of nitrogens with one attached hydrogen (secondary N) is 1. The van der Waals surface area contributed by atoms with E-state index in [1.807, 2.05) is 24.3 Å². The van der Waals surface area contributed by atoms with Crippen molar-refractivity contribution in [2.45, 2.75) is 24.6 Å². The first-order chi connectivity index (χ1) is 10.8. The van der Waals surface area contributed by atoms with Gasteiger partial charge in [-0.15, -0.1) is 0 Å². The van der Waals surface area contributed by atoms with Gasteiger partial charge in [-0.1, -0.05) is 40.2 Å². The molecule has 0 aromatic heterocycles. The first-order valence-electron chi connectivity index (χ1n) is 7.06. The fraction of sp³-hybridized carbons (Fsp3) is 0.235. The van der Waals surface area contributed by atoms with Gasteiger partial charge in [0.05, 0.1) is 11.6 Å². The number of halogens is 4. The van der Waals surface area contributed by atoms with Gasteiger partial charge in [-0.25, -0.2) is 0 Å². The van der Waals surface area contributed by atoms with Crippen LogP contribution in [0.5, 0.6) is 0 Å². The molecule has 0 spiro atoms. The molecule has 2 nitrogen and oxygen atoms in total. The lowest BCUT2D eigenvalue weighted by Gasteiger charge is -2.20. The average molecular weight is 384 g/mol. The molecular weight excluding hydrogens is 371 g/mol. The van der Waals surface area contributed by atoms with E-state index in [1.54, 1.807) is 0 Å². The number of hydrogen-bond donors (Lipinski definition) is 1. The fourth-order valence-electron chi connectivity index (χ4n) is 2.87. The summed E-state index contributed by atoms with van der Waals surface area (Å²) >= 11 is 3.36. The Morgan fingerprint density at radius 2 is 1.52 bits per heavy atom. The molecule has 2 atom stereocenters. The molecule has 1 aliphatic rings. The maximum absolute atomic E-state index is 12.7. The van der Waals surface area contributed by atoms with Crippen LogP contribution in [0, 0.1) is 0 Å². The minimum Gasteiger partial charge on any atom is -0.349 e. The van der Waals surface area contributed by atoms with Gasteiger partial charge in [0.1, 0.15) is 0 Å². The number of benzene rings is 2. The van der Waals surface area contributed by atoms with Crippen LogP contribution < -0.4 is 5.32 Å². The van der Waals surface area contributed by atoms with Crippen LogP contribution in [0.1, 0.15) is 35.1 Å². The van der Waals surface area contributed by atoms with Gasteiger partial charge >= 0.3 is 6.18 Å². The summed E-state index contributed by atoms with van der Waals surface area (Å²) in [5, 5.41) is 2.91. The van der Waals surface area contributed by atoms with Gasteiger partial charge in [0.25, 0.3) is 0 Å². The second kappa shape index (κ2) is 6.00. The zero-order valence-corrected chi connectivity index (χ0v) is 13.5. The van der Waals surface area contributed by atoms with Crippen molar-refractivity contribution in [2.75, 3.05) is 0 Å². The molecule has 1 N–H and O–H groups in total. The summed E-state index contributed by atoms with van der Waals surface area (Å²) in [4.78, 5) is 11.8. The number of amides is 1. The molecule has 0 radical (unpaired) electrons. The molecule has 120 valence electrons. The second-order valence-electron chi connectivity index (χ2n) is 5.53. The Morgan fingerprint density at radius 3 is 2.09 bits per heavy atom. The third-order valence-corrected chi connectivity index (χ3v) is 4.55. The largest absolute Gasteiger partial charge is 0.416 e. The Labute approximate surface area is 139 Å². The molecule has 23 heavy (non-hydrogen) atoms. The fourth-order valence-corrected chi connectivity index (χ4v) is 3.13. The van der Waals surface area contributed by atoms with E-state index in [1.165, 1.54) is 12.1 Å². The Bertz CT molecular complexity index is 710. The molecule has 0 bridgehead atoms. The lowest BCUT2D eigenvalue weighted by atomic mass is 9.87. The standard InChI is InChI=1S/C17H13BrF3NO/c18-13-7-3-11(4-8-13)16-14(9-15(23)22-16)10-1-5-12(6-2-10)17(19,20)21/h1-8,14,16H,9H2,(H,22,23)/t14-,16+/m0/s1. The van der Waals surface area contributed by atoms with Gasteiger partial charge in [-0.2, -0.15) is 13.2 Å². The Morgan fingerprint density at radius 1 is 0.957 bits per heavy atom. The lowest BCUT2D eigenvalue weighted by molar-refractivity contribution is -0.137. The van der Waals surface area contributed by atoms with Gasteiger partial charge in [-0.05, 0) is 35.4 Å². The van der Waals surface area contributed by atoms with Crippen LogP contribution in [-0.2, 0) is 11.0 Å². The molecule has 2 aromatic carbocycles. The predicted octanol–water partition coefficient (Wildman–Crippen LogP) is 4.81. The molecule has 0 saturated carbocycles. The normalized spacial score (nSPS) is 21.3. The average Bonchev–Trinajstić information content (AvgIpc) is 2.89. The van der Waals surface area contributed by atoms with Crippen molar-refractivity contribution < 1.29 is 18.0 Å². The lowest BCUT2D eigenvalue weighted by Crippen LogP contribution is -2.20. The van der Waals surface area contributed by atoms with Crippen LogP contribution in [0.4, 0.5) is 13.2 Å². The molecule has 1 heterocycles. The summed E-state index contributed by atoms with van der Waals surface area (Å²) in [7, 11) is 0. The van der Waals surface area contributed by atoms with Crippen molar-refractivity contribution in [2.24, 2.45) is 0 Å². The van der Waals surface area contributed by atoms with Crippen molar-refractivity contribution in [3.8, 4) is 0 Å². The van der Waals surface area contributed by atoms with Crippen molar-refractivity contribution in [1.82, 2.24) is 5.32 Å². The Hall–Kier alpha value is -1.82. The highest BCUT2D eigenvalue weighted by atomic mass is 79.9. The molecule has 2 aromatic rings. The molecule has 0 unspecified atom stereocenters. The summed E-state index contributed by atoms with van der Waals surface area (Å²) < 4.78 is 38.9. The summed E-state index contributed by atoms with van der Waals surface area (Å²) in [6.07, 6.45) is -4.08. The maximum Gasteiger partial charge on any atom is 0.416 e. The highest BCUT2D eigenvalue weighted by Crippen LogP contribution is 2.39. The summed E-state index contributed by atoms with van der Waals surface area (Å²) in [6, 6.07) is 12.4. The molecule has 6 heteroatoms. The SMILES string of the molecule is O=C1C[C@@H](c2ccc(C(F)(F)F)cc2)[C@@H](c2ccc(Br)cc2)N1. The van der Waals surface area contributed by atoms with Crippen molar-refractivity contribution >= 4 is 21.8 Å². The molecule has 1 aliphatic heterocycles. The zero-order chi connectivity index (χ0) is 16.6. The maximum atomic E-state index is 12.7. The van der Waals surface area contributed by atoms with Crippen LogP contribution >= 0.6 is 15.9 Å². The van der Waals surface area contributed by atoms with E-state index in [0.29, 0.717) is 0 Å². The van der Waals surface area contributed by atoms with E-state index in [9.17, 15) is 18.0 Å². The van der Waals surface area contributed by atoms with E-state index < -0.39 is 11.7 Å². The van der Waals surface area contributed by atoms with Crippen LogP contribution in [0.15, 0.2) is 53.0 Å². The topological polar surface area (TPSA) is 29.1 Å². The predicted molar refractivity (Wildman–Crippen MR) is 83.8 cm³/mol. The van der Waals surface area contributed by atoms with Gasteiger partial charge in [0.15, 0.2) is 0 Å². The molecule has 1 fully saturated rings. The molecule has 1 saturated heterocycles. The van der Waals surface area contributed by atoms with Crippen molar-refractivity contribution in [1.29, 1.82) is 0 Å². The second-order valence-corrected chi connectivity index (χ2v) is 6.44. The quantitative estimate of drug-likeness (QED) is 0.791.